The summed E-state index contributed by atoms with van der Waals surface area (Å²) >= 11 is 0. The van der Waals surface area contributed by atoms with E-state index in [1.54, 1.807) is 7.05 Å². The predicted octanol–water partition coefficient (Wildman–Crippen LogP) is 1.99. The molecule has 21 heavy (non-hydrogen) atoms. The van der Waals surface area contributed by atoms with E-state index in [0.29, 0.717) is 16.9 Å². The van der Waals surface area contributed by atoms with Gasteiger partial charge in [-0.2, -0.15) is 0 Å². The largest absolute Gasteiger partial charge is 0.496 e. The molecule has 0 aliphatic rings. The summed E-state index contributed by atoms with van der Waals surface area (Å²) in [5.74, 6) is -0.760. The zero-order valence-corrected chi connectivity index (χ0v) is 11.8. The van der Waals surface area contributed by atoms with Crippen molar-refractivity contribution < 1.29 is 18.7 Å². The van der Waals surface area contributed by atoms with Gasteiger partial charge in [-0.15, -0.1) is 0 Å². The van der Waals surface area contributed by atoms with Crippen molar-refractivity contribution in [3.63, 3.8) is 0 Å². The summed E-state index contributed by atoms with van der Waals surface area (Å²) in [6.45, 7) is 0. The lowest BCUT2D eigenvalue weighted by atomic mass is 10.0. The maximum atomic E-state index is 13.5. The SMILES string of the molecule is COC(=O)c1cc(=O)n(C)cc1-c1cc(F)ccc1OC. The molecule has 0 aliphatic carbocycles. The first kappa shape index (κ1) is 14.8. The zero-order valence-electron chi connectivity index (χ0n) is 11.8. The van der Waals surface area contributed by atoms with Gasteiger partial charge in [0, 0.05) is 30.4 Å². The smallest absolute Gasteiger partial charge is 0.338 e. The molecule has 5 nitrogen and oxygen atoms in total. The van der Waals surface area contributed by atoms with Crippen LogP contribution in [0.25, 0.3) is 11.1 Å². The third kappa shape index (κ3) is 2.79. The van der Waals surface area contributed by atoms with E-state index in [0.717, 1.165) is 6.07 Å². The van der Waals surface area contributed by atoms with E-state index in [2.05, 4.69) is 4.74 Å². The third-order valence-corrected chi connectivity index (χ3v) is 3.09. The Morgan fingerprint density at radius 2 is 1.90 bits per heavy atom. The summed E-state index contributed by atoms with van der Waals surface area (Å²) < 4.78 is 24.7. The first-order valence-corrected chi connectivity index (χ1v) is 6.11. The lowest BCUT2D eigenvalue weighted by Gasteiger charge is -2.13. The fraction of sp³-hybridized carbons (Fsp3) is 0.200. The Labute approximate surface area is 120 Å². The molecule has 0 fully saturated rings. The topological polar surface area (TPSA) is 57.5 Å². The van der Waals surface area contributed by atoms with Gasteiger partial charge >= 0.3 is 5.97 Å². The van der Waals surface area contributed by atoms with Crippen LogP contribution >= 0.6 is 0 Å². The number of hydrogen-bond acceptors (Lipinski definition) is 4. The van der Waals surface area contributed by atoms with Gasteiger partial charge in [0.2, 0.25) is 0 Å². The number of pyridine rings is 1. The maximum absolute atomic E-state index is 13.5. The van der Waals surface area contributed by atoms with Gasteiger partial charge in [-0.25, -0.2) is 9.18 Å². The predicted molar refractivity (Wildman–Crippen MR) is 75.0 cm³/mol. The minimum absolute atomic E-state index is 0.0597. The van der Waals surface area contributed by atoms with Gasteiger partial charge in [-0.3, -0.25) is 4.79 Å². The van der Waals surface area contributed by atoms with Gasteiger partial charge < -0.3 is 14.0 Å². The Hall–Kier alpha value is -2.63. The molecule has 110 valence electrons. The number of esters is 1. The van der Waals surface area contributed by atoms with Crippen LogP contribution in [0.1, 0.15) is 10.4 Å². The number of nitrogens with zero attached hydrogens (tertiary/aromatic N) is 1. The molecule has 1 aromatic heterocycles. The van der Waals surface area contributed by atoms with E-state index in [9.17, 15) is 14.0 Å². The van der Waals surface area contributed by atoms with E-state index >= 15 is 0 Å². The molecule has 0 atom stereocenters. The molecular formula is C15H14FNO4. The quantitative estimate of drug-likeness (QED) is 0.811. The molecule has 0 N–H and O–H groups in total. The fourth-order valence-electron chi connectivity index (χ4n) is 2.01. The van der Waals surface area contributed by atoms with E-state index < -0.39 is 11.8 Å². The van der Waals surface area contributed by atoms with Gasteiger partial charge in [0.25, 0.3) is 5.56 Å². The Morgan fingerprint density at radius 1 is 1.19 bits per heavy atom. The number of carbonyl (C=O) groups is 1. The van der Waals surface area contributed by atoms with Crippen LogP contribution < -0.4 is 10.3 Å². The fourth-order valence-corrected chi connectivity index (χ4v) is 2.01. The van der Waals surface area contributed by atoms with Crippen LogP contribution in [0.5, 0.6) is 5.75 Å². The van der Waals surface area contributed by atoms with Crippen LogP contribution in [0.2, 0.25) is 0 Å². The number of methoxy groups -OCH3 is 2. The highest BCUT2D eigenvalue weighted by Crippen LogP contribution is 2.32. The molecule has 2 rings (SSSR count). The molecule has 2 aromatic rings. The third-order valence-electron chi connectivity index (χ3n) is 3.09. The number of aromatic nitrogens is 1. The summed E-state index contributed by atoms with van der Waals surface area (Å²) in [6.07, 6.45) is 1.45. The van der Waals surface area contributed by atoms with Gasteiger partial charge in [0.05, 0.1) is 19.8 Å². The lowest BCUT2D eigenvalue weighted by molar-refractivity contribution is 0.0601. The van der Waals surface area contributed by atoms with Crippen molar-refractivity contribution in [1.29, 1.82) is 0 Å². The molecule has 0 unspecified atom stereocenters. The highest BCUT2D eigenvalue weighted by atomic mass is 19.1. The standard InChI is InChI=1S/C15H14FNO4/c1-17-8-12(11(7-14(17)18)15(19)21-3)10-6-9(16)4-5-13(10)20-2/h4-8H,1-3H3. The number of benzene rings is 1. The second-order valence-electron chi connectivity index (χ2n) is 4.39. The number of halogens is 1. The van der Waals surface area contributed by atoms with Crippen molar-refractivity contribution in [3.8, 4) is 16.9 Å². The van der Waals surface area contributed by atoms with Crippen LogP contribution in [-0.2, 0) is 11.8 Å². The van der Waals surface area contributed by atoms with Crippen LogP contribution in [0, 0.1) is 5.82 Å². The average molecular weight is 291 g/mol. The molecule has 1 aromatic carbocycles. The maximum Gasteiger partial charge on any atom is 0.338 e. The van der Waals surface area contributed by atoms with Crippen molar-refractivity contribution in [1.82, 2.24) is 4.57 Å². The molecular weight excluding hydrogens is 277 g/mol. The molecule has 0 spiro atoms. The zero-order chi connectivity index (χ0) is 15.6. The summed E-state index contributed by atoms with van der Waals surface area (Å²) in [5, 5.41) is 0. The second-order valence-corrected chi connectivity index (χ2v) is 4.39. The second kappa shape index (κ2) is 5.78. The van der Waals surface area contributed by atoms with E-state index in [1.165, 1.54) is 43.2 Å². The number of ether oxygens (including phenoxy) is 2. The lowest BCUT2D eigenvalue weighted by Crippen LogP contribution is -2.19. The Bertz CT molecular complexity index is 752. The highest BCUT2D eigenvalue weighted by molar-refractivity contribution is 5.97. The number of rotatable bonds is 3. The minimum Gasteiger partial charge on any atom is -0.496 e. The van der Waals surface area contributed by atoms with Crippen molar-refractivity contribution in [2.75, 3.05) is 14.2 Å². The Morgan fingerprint density at radius 3 is 2.52 bits per heavy atom. The summed E-state index contributed by atoms with van der Waals surface area (Å²) in [6, 6.07) is 5.11. The van der Waals surface area contributed by atoms with E-state index in [-0.39, 0.29) is 11.1 Å². The Kier molecular flexibility index (Phi) is 4.07. The molecule has 1 heterocycles. The van der Waals surface area contributed by atoms with Gasteiger partial charge in [-0.05, 0) is 18.2 Å². The highest BCUT2D eigenvalue weighted by Gasteiger charge is 2.18. The monoisotopic (exact) mass is 291 g/mol. The Balaban J connectivity index is 2.79. The average Bonchev–Trinajstić information content (AvgIpc) is 2.48. The number of hydrogen-bond donors (Lipinski definition) is 0. The molecule has 0 saturated heterocycles. The van der Waals surface area contributed by atoms with Crippen molar-refractivity contribution in [2.45, 2.75) is 0 Å². The van der Waals surface area contributed by atoms with Crippen molar-refractivity contribution >= 4 is 5.97 Å². The first-order valence-electron chi connectivity index (χ1n) is 6.11. The van der Waals surface area contributed by atoms with Gasteiger partial charge in [0.1, 0.15) is 11.6 Å². The molecule has 6 heteroatoms. The first-order chi connectivity index (χ1) is 9.97. The number of aryl methyl sites for hydroxylation is 1. The summed E-state index contributed by atoms with van der Waals surface area (Å²) in [4.78, 5) is 23.6. The minimum atomic E-state index is -0.672. The molecule has 0 aliphatic heterocycles. The summed E-state index contributed by atoms with van der Waals surface area (Å²) in [5.41, 5.74) is 0.424. The van der Waals surface area contributed by atoms with E-state index in [4.69, 9.17) is 4.74 Å². The molecule has 0 amide bonds. The van der Waals surface area contributed by atoms with Crippen LogP contribution in [0.4, 0.5) is 4.39 Å². The molecule has 0 saturated carbocycles. The molecule has 0 radical (unpaired) electrons. The number of carbonyl (C=O) groups excluding carboxylic acids is 1. The van der Waals surface area contributed by atoms with E-state index in [1.807, 2.05) is 0 Å². The van der Waals surface area contributed by atoms with Gasteiger partial charge in [0.15, 0.2) is 0 Å². The van der Waals surface area contributed by atoms with Crippen LogP contribution in [0.15, 0.2) is 35.3 Å². The molecule has 0 bridgehead atoms. The van der Waals surface area contributed by atoms with Crippen LogP contribution in [-0.4, -0.2) is 24.8 Å². The summed E-state index contributed by atoms with van der Waals surface area (Å²) in [7, 11) is 4.20. The van der Waals surface area contributed by atoms with Crippen molar-refractivity contribution in [2.24, 2.45) is 7.05 Å². The van der Waals surface area contributed by atoms with Crippen LogP contribution in [0.3, 0.4) is 0 Å². The van der Waals surface area contributed by atoms with Crippen molar-refractivity contribution in [3.05, 3.63) is 52.2 Å². The van der Waals surface area contributed by atoms with Gasteiger partial charge in [-0.1, -0.05) is 0 Å². The normalized spacial score (nSPS) is 10.3.